The van der Waals surface area contributed by atoms with Gasteiger partial charge in [-0.2, -0.15) is 0 Å². The highest BCUT2D eigenvalue weighted by atomic mass is 19.1. The Hall–Kier alpha value is -5.54. The average molecular weight is 808 g/mol. The van der Waals surface area contributed by atoms with Crippen LogP contribution >= 0.6 is 0 Å². The molecule has 59 heavy (non-hydrogen) atoms. The van der Waals surface area contributed by atoms with E-state index in [1.807, 2.05) is 17.0 Å². The number of anilines is 2. The number of carbonyl (C=O) groups is 3. The van der Waals surface area contributed by atoms with E-state index in [1.165, 1.54) is 16.7 Å². The van der Waals surface area contributed by atoms with Crippen LogP contribution in [0.2, 0.25) is 0 Å². The van der Waals surface area contributed by atoms with Gasteiger partial charge in [-0.15, -0.1) is 0 Å². The van der Waals surface area contributed by atoms with E-state index in [2.05, 4.69) is 35.7 Å². The number of imide groups is 1. The molecule has 4 fully saturated rings. The summed E-state index contributed by atoms with van der Waals surface area (Å²) in [5, 5.41) is 8.74. The first-order chi connectivity index (χ1) is 28.6. The maximum atomic E-state index is 15.2. The molecule has 0 radical (unpaired) electrons. The average Bonchev–Trinajstić information content (AvgIpc) is 3.24. The van der Waals surface area contributed by atoms with E-state index in [0.717, 1.165) is 83.0 Å². The smallest absolute Gasteiger partial charge is 0.255 e. The van der Waals surface area contributed by atoms with E-state index >= 15 is 4.39 Å². The molecule has 0 spiro atoms. The van der Waals surface area contributed by atoms with Gasteiger partial charge in [-0.25, -0.2) is 18.7 Å². The summed E-state index contributed by atoms with van der Waals surface area (Å²) in [6.45, 7) is 6.31. The Kier molecular flexibility index (Phi) is 12.4. The monoisotopic (exact) mass is 807 g/mol. The lowest BCUT2D eigenvalue weighted by molar-refractivity contribution is -0.134. The summed E-state index contributed by atoms with van der Waals surface area (Å²) in [6.07, 6.45) is 8.82. The van der Waals surface area contributed by atoms with Crippen molar-refractivity contribution < 1.29 is 23.2 Å². The van der Waals surface area contributed by atoms with Crippen molar-refractivity contribution in [3.05, 3.63) is 101 Å². The van der Waals surface area contributed by atoms with Crippen LogP contribution in [0.5, 0.6) is 0 Å². The van der Waals surface area contributed by atoms with Gasteiger partial charge in [-0.05, 0) is 119 Å². The van der Waals surface area contributed by atoms with Crippen molar-refractivity contribution in [3.63, 3.8) is 0 Å². The number of amides is 3. The summed E-state index contributed by atoms with van der Waals surface area (Å²) in [5.41, 5.74) is 2.37. The lowest BCUT2D eigenvalue weighted by Gasteiger charge is -2.38. The molecule has 6 heterocycles. The molecule has 2 aromatic carbocycles. The molecule has 0 saturated carbocycles. The first-order valence-electron chi connectivity index (χ1n) is 20.8. The molecule has 4 aliphatic heterocycles. The third-order valence-electron chi connectivity index (χ3n) is 12.3. The van der Waals surface area contributed by atoms with Gasteiger partial charge >= 0.3 is 0 Å². The molecule has 3 amide bonds. The van der Waals surface area contributed by atoms with E-state index in [9.17, 15) is 23.6 Å². The van der Waals surface area contributed by atoms with Gasteiger partial charge in [0.1, 0.15) is 17.6 Å². The molecule has 2 aromatic heterocycles. The van der Waals surface area contributed by atoms with Crippen LogP contribution in [0.1, 0.15) is 62.8 Å². The summed E-state index contributed by atoms with van der Waals surface area (Å²) in [7, 11) is 0. The minimum atomic E-state index is -0.556. The highest BCUT2D eigenvalue weighted by Crippen LogP contribution is 2.33. The van der Waals surface area contributed by atoms with Crippen LogP contribution in [0.3, 0.4) is 0 Å². The number of halogens is 2. The molecule has 0 bridgehead atoms. The lowest BCUT2D eigenvalue weighted by Crippen LogP contribution is -2.48. The molecule has 1 atom stereocenters. The van der Waals surface area contributed by atoms with Crippen LogP contribution in [0.15, 0.2) is 77.9 Å². The second kappa shape index (κ2) is 18.2. The third kappa shape index (κ3) is 9.85. The number of aromatic nitrogens is 3. The number of carbonyl (C=O) groups excluding carboxylic acids is 3. The van der Waals surface area contributed by atoms with E-state index in [1.54, 1.807) is 42.6 Å². The van der Waals surface area contributed by atoms with E-state index < -0.39 is 11.9 Å². The minimum absolute atomic E-state index is 0.0427. The van der Waals surface area contributed by atoms with E-state index in [0.29, 0.717) is 54.9 Å². The molecule has 310 valence electrons. The Bertz CT molecular complexity index is 2210. The number of likely N-dealkylation sites (tertiary alicyclic amines) is 3. The molecular formula is C44H51F2N9O4. The normalized spacial score (nSPS) is 20.4. The number of benzene rings is 2. The Morgan fingerprint density at radius 1 is 0.797 bits per heavy atom. The molecule has 8 rings (SSSR count). The lowest BCUT2D eigenvalue weighted by atomic mass is 9.87. The summed E-state index contributed by atoms with van der Waals surface area (Å²) < 4.78 is 31.7. The Morgan fingerprint density at radius 3 is 2.32 bits per heavy atom. The summed E-state index contributed by atoms with van der Waals surface area (Å²) in [6, 6.07) is 16.6. The van der Waals surface area contributed by atoms with Gasteiger partial charge < -0.3 is 20.4 Å². The number of piperidine rings is 4. The molecule has 0 aliphatic carbocycles. The van der Waals surface area contributed by atoms with Gasteiger partial charge in [0.15, 0.2) is 5.82 Å². The molecule has 1 unspecified atom stereocenters. The zero-order chi connectivity index (χ0) is 40.9. The maximum Gasteiger partial charge on any atom is 0.255 e. The summed E-state index contributed by atoms with van der Waals surface area (Å²) in [5.74, 6) is -0.282. The molecule has 13 nitrogen and oxygen atoms in total. The van der Waals surface area contributed by atoms with Crippen molar-refractivity contribution in [2.24, 2.45) is 5.92 Å². The fourth-order valence-corrected chi connectivity index (χ4v) is 8.93. The summed E-state index contributed by atoms with van der Waals surface area (Å²) >= 11 is 0. The van der Waals surface area contributed by atoms with Gasteiger partial charge in [0.25, 0.3) is 5.56 Å². The number of hydrogen-bond acceptors (Lipinski definition) is 10. The SMILES string of the molecule is O=C1CCC(Nc2ccc(C3CCN(CC4CCN(CC(=O)N5CCC(Nc6ncc(F)c(-c7cccc(-n8ccccc8=O)c7)n6)CC5)CC4)CC3)c(F)c2)C(=O)N1. The Balaban J connectivity index is 0.743. The van der Waals surface area contributed by atoms with Gasteiger partial charge in [0.2, 0.25) is 23.7 Å². The highest BCUT2D eigenvalue weighted by Gasteiger charge is 2.30. The van der Waals surface area contributed by atoms with Gasteiger partial charge in [-0.1, -0.05) is 24.3 Å². The highest BCUT2D eigenvalue weighted by molar-refractivity contribution is 6.01. The molecule has 4 aliphatic rings. The number of pyridine rings is 1. The molecule has 15 heteroatoms. The molecular weight excluding hydrogens is 757 g/mol. The van der Waals surface area contributed by atoms with Gasteiger partial charge in [0.05, 0.1) is 12.7 Å². The minimum Gasteiger partial charge on any atom is -0.374 e. The zero-order valence-electron chi connectivity index (χ0n) is 33.1. The fourth-order valence-electron chi connectivity index (χ4n) is 8.93. The van der Waals surface area contributed by atoms with Gasteiger partial charge in [0, 0.05) is 61.3 Å². The quantitative estimate of drug-likeness (QED) is 0.181. The van der Waals surface area contributed by atoms with Crippen molar-refractivity contribution in [3.8, 4) is 16.9 Å². The Morgan fingerprint density at radius 2 is 1.58 bits per heavy atom. The van der Waals surface area contributed by atoms with Crippen LogP contribution in [0.25, 0.3) is 16.9 Å². The standard InChI is InChI=1S/C44H51F2N9O4/c45-36-25-33(48-38-9-10-39(56)50-43(38)59)7-8-35(36)30-13-20-52(21-14-30)27-29-11-18-53(19-12-29)28-41(58)54-22-15-32(16-23-54)49-44-47-26-37(46)42(51-44)31-4-3-5-34(24-31)55-17-2-1-6-40(55)57/h1-8,17,24-26,29-30,32,38,48H,9-16,18-23,27-28H2,(H,47,49,51)(H,50,56,59). The van der Waals surface area contributed by atoms with Crippen LogP contribution in [-0.4, -0.2) is 111 Å². The van der Waals surface area contributed by atoms with E-state index in [-0.39, 0.29) is 53.2 Å². The first kappa shape index (κ1) is 40.2. The molecule has 4 aromatic rings. The molecule has 3 N–H and O–H groups in total. The number of nitrogens with one attached hydrogen (secondary N) is 3. The topological polar surface area (TPSA) is 145 Å². The van der Waals surface area contributed by atoms with Crippen LogP contribution in [0, 0.1) is 17.6 Å². The number of rotatable bonds is 11. The van der Waals surface area contributed by atoms with Crippen molar-refractivity contribution in [1.29, 1.82) is 0 Å². The van der Waals surface area contributed by atoms with Gasteiger partial charge in [-0.3, -0.25) is 34.0 Å². The number of hydrogen-bond donors (Lipinski definition) is 3. The molecule has 4 saturated heterocycles. The van der Waals surface area contributed by atoms with Crippen molar-refractivity contribution in [1.82, 2.24) is 34.6 Å². The number of nitrogens with zero attached hydrogens (tertiary/aromatic N) is 6. The van der Waals surface area contributed by atoms with Crippen molar-refractivity contribution in [2.75, 3.05) is 63.0 Å². The second-order valence-electron chi connectivity index (χ2n) is 16.3. The largest absolute Gasteiger partial charge is 0.374 e. The van der Waals surface area contributed by atoms with Crippen molar-refractivity contribution in [2.45, 2.75) is 69.4 Å². The van der Waals surface area contributed by atoms with E-state index in [4.69, 9.17) is 0 Å². The predicted molar refractivity (Wildman–Crippen MR) is 220 cm³/mol. The maximum absolute atomic E-state index is 15.2. The first-order valence-corrected chi connectivity index (χ1v) is 20.8. The fraction of sp³-hybridized carbons (Fsp3) is 0.455. The Labute approximate surface area is 342 Å². The summed E-state index contributed by atoms with van der Waals surface area (Å²) in [4.78, 5) is 64.6. The van der Waals surface area contributed by atoms with Crippen LogP contribution < -0.4 is 21.5 Å². The van der Waals surface area contributed by atoms with Crippen molar-refractivity contribution >= 4 is 29.4 Å². The zero-order valence-corrected chi connectivity index (χ0v) is 33.1. The van der Waals surface area contributed by atoms with Crippen LogP contribution in [-0.2, 0) is 14.4 Å². The third-order valence-corrected chi connectivity index (χ3v) is 12.3. The van der Waals surface area contributed by atoms with Crippen LogP contribution in [0.4, 0.5) is 20.4 Å². The predicted octanol–water partition coefficient (Wildman–Crippen LogP) is 4.78. The second-order valence-corrected chi connectivity index (χ2v) is 16.3.